The highest BCUT2D eigenvalue weighted by atomic mass is 32.2. The second-order valence-corrected chi connectivity index (χ2v) is 14.4. The van der Waals surface area contributed by atoms with Crippen molar-refractivity contribution in [3.63, 3.8) is 0 Å². The molecule has 272 valence electrons. The van der Waals surface area contributed by atoms with Crippen LogP contribution >= 0.6 is 0 Å². The molecule has 0 bridgehead atoms. The number of ether oxygens (including phenoxy) is 1. The highest BCUT2D eigenvalue weighted by molar-refractivity contribution is 7.90. The Morgan fingerprint density at radius 1 is 1.00 bits per heavy atom. The van der Waals surface area contributed by atoms with E-state index < -0.39 is 33.1 Å². The van der Waals surface area contributed by atoms with Gasteiger partial charge in [0.15, 0.2) is 5.65 Å². The number of hydrogen-bond acceptors (Lipinski definition) is 10. The number of aromatic nitrogens is 3. The Morgan fingerprint density at radius 3 is 2.44 bits per heavy atom. The number of anilines is 5. The first-order chi connectivity index (χ1) is 24.8. The molecule has 0 atom stereocenters. The molecule has 3 heterocycles. The number of likely N-dealkylation sites (N-methyl/N-ethyl adjacent to an activating group) is 1. The second kappa shape index (κ2) is 14.6. The molecule has 52 heavy (non-hydrogen) atoms. The molecule has 0 saturated carbocycles. The Labute approximate surface area is 299 Å². The third kappa shape index (κ3) is 7.11. The van der Waals surface area contributed by atoms with Crippen LogP contribution in [-0.2, 0) is 21.2 Å². The van der Waals surface area contributed by atoms with Gasteiger partial charge in [0.1, 0.15) is 23.2 Å². The van der Waals surface area contributed by atoms with Crippen LogP contribution in [0.15, 0.2) is 65.7 Å². The van der Waals surface area contributed by atoms with Crippen LogP contribution in [0, 0.1) is 18.6 Å². The van der Waals surface area contributed by atoms with E-state index in [1.165, 1.54) is 31.5 Å². The lowest BCUT2D eigenvalue weighted by atomic mass is 10.1. The summed E-state index contributed by atoms with van der Waals surface area (Å²) in [5, 5.41) is 8.75. The summed E-state index contributed by atoms with van der Waals surface area (Å²) in [6.07, 6.45) is 2.49. The average molecular weight is 733 g/mol. The van der Waals surface area contributed by atoms with E-state index in [4.69, 9.17) is 4.74 Å². The number of methoxy groups -OCH3 is 1. The number of hydrogen-bond donors (Lipinski definition) is 3. The van der Waals surface area contributed by atoms with Crippen LogP contribution in [0.1, 0.15) is 34.8 Å². The summed E-state index contributed by atoms with van der Waals surface area (Å²) >= 11 is 0. The molecule has 0 saturated heterocycles. The van der Waals surface area contributed by atoms with Gasteiger partial charge >= 0.3 is 0 Å². The number of carbonyl (C=O) groups is 2. The Hall–Kier alpha value is -5.61. The van der Waals surface area contributed by atoms with Crippen molar-refractivity contribution in [3.8, 4) is 5.75 Å². The lowest BCUT2D eigenvalue weighted by Gasteiger charge is -2.21. The highest BCUT2D eigenvalue weighted by Gasteiger charge is 2.28. The molecule has 16 heteroatoms. The molecule has 1 aliphatic heterocycles. The van der Waals surface area contributed by atoms with Gasteiger partial charge in [0, 0.05) is 31.0 Å². The highest BCUT2D eigenvalue weighted by Crippen LogP contribution is 2.39. The molecule has 0 aliphatic carbocycles. The van der Waals surface area contributed by atoms with E-state index in [2.05, 4.69) is 25.9 Å². The minimum Gasteiger partial charge on any atom is -0.495 e. The Bertz CT molecular complexity index is 2290. The number of aryl methyl sites for hydroxylation is 1. The molecule has 3 N–H and O–H groups in total. The van der Waals surface area contributed by atoms with E-state index in [0.29, 0.717) is 42.6 Å². The monoisotopic (exact) mass is 732 g/mol. The van der Waals surface area contributed by atoms with Crippen LogP contribution in [0.25, 0.3) is 11.0 Å². The van der Waals surface area contributed by atoms with Crippen molar-refractivity contribution >= 4 is 61.7 Å². The van der Waals surface area contributed by atoms with E-state index in [9.17, 15) is 22.4 Å². The van der Waals surface area contributed by atoms with Crippen molar-refractivity contribution in [2.24, 2.45) is 0 Å². The molecule has 6 rings (SSSR count). The van der Waals surface area contributed by atoms with Gasteiger partial charge in [0.25, 0.3) is 15.9 Å². The molecule has 3 aromatic carbocycles. The van der Waals surface area contributed by atoms with Crippen LogP contribution in [0.4, 0.5) is 37.6 Å². The van der Waals surface area contributed by atoms with Crippen LogP contribution in [0.5, 0.6) is 5.75 Å². The van der Waals surface area contributed by atoms with Gasteiger partial charge in [-0.25, -0.2) is 21.2 Å². The summed E-state index contributed by atoms with van der Waals surface area (Å²) in [6, 6.07) is 12.8. The molecule has 0 radical (unpaired) electrons. The molecule has 0 spiro atoms. The predicted molar refractivity (Wildman–Crippen MR) is 194 cm³/mol. The maximum Gasteiger partial charge on any atom is 0.269 e. The minimum absolute atomic E-state index is 0.00286. The topological polar surface area (TPSA) is 151 Å². The third-order valence-corrected chi connectivity index (χ3v) is 10.1. The van der Waals surface area contributed by atoms with Gasteiger partial charge in [0.2, 0.25) is 11.9 Å². The summed E-state index contributed by atoms with van der Waals surface area (Å²) in [5.74, 6) is -2.69. The molecule has 2 aromatic heterocycles. The van der Waals surface area contributed by atoms with Gasteiger partial charge in [-0.2, -0.15) is 9.97 Å². The molecule has 0 unspecified atom stereocenters. The molecule has 13 nitrogen and oxygen atoms in total. The fraction of sp³-hybridized carbons (Fsp3) is 0.278. The number of nitrogens with one attached hydrogen (secondary N) is 3. The van der Waals surface area contributed by atoms with Gasteiger partial charge in [-0.3, -0.25) is 9.59 Å². The Balaban J connectivity index is 1.50. The minimum atomic E-state index is -4.20. The largest absolute Gasteiger partial charge is 0.495 e. The van der Waals surface area contributed by atoms with Gasteiger partial charge in [-0.15, -0.1) is 0 Å². The van der Waals surface area contributed by atoms with Crippen molar-refractivity contribution in [2.45, 2.75) is 31.6 Å². The van der Waals surface area contributed by atoms with Crippen molar-refractivity contribution in [3.05, 3.63) is 89.1 Å². The average Bonchev–Trinajstić information content (AvgIpc) is 3.71. The Kier molecular flexibility index (Phi) is 10.1. The van der Waals surface area contributed by atoms with Crippen molar-refractivity contribution < 1.29 is 31.5 Å². The van der Waals surface area contributed by atoms with Gasteiger partial charge in [-0.1, -0.05) is 24.6 Å². The first kappa shape index (κ1) is 36.2. The summed E-state index contributed by atoms with van der Waals surface area (Å²) in [4.78, 5) is 38.8. The number of carbonyl (C=O) groups excluding carboxylic acids is 2. The number of fused-ring (bicyclic) bond motifs is 2. The SMILES string of the molecule is CCCNC(=O)c1c(F)cc(F)cc1Nc1nc(Nc2cc3c(cc2OC)CCN3C(=O)CN(C)C)nc2c1ccn2S(=O)(=O)c1ccc(C)cc1. The van der Waals surface area contributed by atoms with Gasteiger partial charge in [0.05, 0.1) is 40.9 Å². The molecule has 1 aliphatic rings. The molecule has 5 aromatic rings. The first-order valence-corrected chi connectivity index (χ1v) is 17.9. The summed E-state index contributed by atoms with van der Waals surface area (Å²) < 4.78 is 64.4. The normalized spacial score (nSPS) is 12.7. The van der Waals surface area contributed by atoms with Crippen LogP contribution in [0.2, 0.25) is 0 Å². The van der Waals surface area contributed by atoms with Crippen molar-refractivity contribution in [1.82, 2.24) is 24.2 Å². The van der Waals surface area contributed by atoms with E-state index in [1.807, 2.05) is 27.9 Å². The zero-order valence-corrected chi connectivity index (χ0v) is 30.1. The molecule has 0 fully saturated rings. The standard InChI is InChI=1S/C36H38F2N8O5S/c1-6-13-39-35(48)32-26(38)17-23(37)18-28(32)40-33-25-12-15-46(52(49,50)24-9-7-21(2)8-10-24)34(25)43-36(42-33)41-27-19-29-22(16-30(27)51-5)11-14-45(29)31(47)20-44(3)4/h7-10,12,15-19H,6,11,13-14,20H2,1-5H3,(H,39,48)(H2,40,41,42,43). The summed E-state index contributed by atoms with van der Waals surface area (Å²) in [5.41, 5.74) is 2.03. The van der Waals surface area contributed by atoms with E-state index in [-0.39, 0.29) is 52.4 Å². The zero-order valence-electron chi connectivity index (χ0n) is 29.3. The number of halogens is 2. The molecule has 2 amide bonds. The maximum atomic E-state index is 15.2. The maximum absolute atomic E-state index is 15.2. The van der Waals surface area contributed by atoms with Gasteiger partial charge < -0.3 is 30.5 Å². The number of rotatable bonds is 12. The predicted octanol–water partition coefficient (Wildman–Crippen LogP) is 5.34. The van der Waals surface area contributed by atoms with Gasteiger partial charge in [-0.05, 0) is 75.8 Å². The van der Waals surface area contributed by atoms with E-state index in [0.717, 1.165) is 21.2 Å². The van der Waals surface area contributed by atoms with Crippen molar-refractivity contribution in [1.29, 1.82) is 0 Å². The number of benzene rings is 3. The van der Waals surface area contributed by atoms with E-state index >= 15 is 4.39 Å². The second-order valence-electron chi connectivity index (χ2n) is 12.6. The van der Waals surface area contributed by atoms with Crippen LogP contribution in [0.3, 0.4) is 0 Å². The number of amides is 2. The Morgan fingerprint density at radius 2 is 1.75 bits per heavy atom. The number of nitrogens with zero attached hydrogens (tertiary/aromatic N) is 5. The van der Waals surface area contributed by atoms with E-state index in [1.54, 1.807) is 34.1 Å². The smallest absolute Gasteiger partial charge is 0.269 e. The fourth-order valence-corrected chi connectivity index (χ4v) is 7.23. The first-order valence-electron chi connectivity index (χ1n) is 16.5. The van der Waals surface area contributed by atoms with Crippen molar-refractivity contribution in [2.75, 3.05) is 56.4 Å². The fourth-order valence-electron chi connectivity index (χ4n) is 5.93. The lowest BCUT2D eigenvalue weighted by molar-refractivity contribution is -0.119. The molecular weight excluding hydrogens is 695 g/mol. The summed E-state index contributed by atoms with van der Waals surface area (Å²) in [6.45, 7) is 4.60. The quantitative estimate of drug-likeness (QED) is 0.153. The van der Waals surface area contributed by atoms with Crippen LogP contribution < -0.4 is 25.6 Å². The lowest BCUT2D eigenvalue weighted by Crippen LogP contribution is -2.36. The molecular formula is C36H38F2N8O5S. The third-order valence-electron chi connectivity index (χ3n) is 8.45. The zero-order chi connectivity index (χ0) is 37.3. The summed E-state index contributed by atoms with van der Waals surface area (Å²) in [7, 11) is 0.902. The van der Waals surface area contributed by atoms with Crippen LogP contribution in [-0.4, -0.2) is 79.9 Å².